The van der Waals surface area contributed by atoms with Gasteiger partial charge in [0.1, 0.15) is 0 Å². The lowest BCUT2D eigenvalue weighted by atomic mass is 9.87. The van der Waals surface area contributed by atoms with Gasteiger partial charge in [-0.25, -0.2) is 4.79 Å². The minimum absolute atomic E-state index is 0.111. The number of esters is 1. The summed E-state index contributed by atoms with van der Waals surface area (Å²) in [5.41, 5.74) is 3.15. The van der Waals surface area contributed by atoms with Crippen molar-refractivity contribution in [3.8, 4) is 0 Å². The predicted molar refractivity (Wildman–Crippen MR) is 90.0 cm³/mol. The van der Waals surface area contributed by atoms with Gasteiger partial charge in [0.15, 0.2) is 6.04 Å². The third kappa shape index (κ3) is 3.88. The number of anilines is 1. The Kier molecular flexibility index (Phi) is 4.86. The number of methoxy groups -OCH3 is 1. The van der Waals surface area contributed by atoms with E-state index in [1.54, 1.807) is 0 Å². The number of nitrogens with one attached hydrogen (secondary N) is 1. The molecule has 0 spiro atoms. The number of carbonyl (C=O) groups excluding carboxylic acids is 1. The molecule has 2 rings (SSSR count). The molecule has 0 amide bonds. The average molecular weight is 297 g/mol. The summed E-state index contributed by atoms with van der Waals surface area (Å²) in [6, 6.07) is 17.2. The van der Waals surface area contributed by atoms with Crippen LogP contribution in [0.1, 0.15) is 37.9 Å². The van der Waals surface area contributed by atoms with Gasteiger partial charge in [0.2, 0.25) is 0 Å². The van der Waals surface area contributed by atoms with Gasteiger partial charge in [-0.1, -0.05) is 63.2 Å². The third-order valence-corrected chi connectivity index (χ3v) is 3.63. The Morgan fingerprint density at radius 2 is 1.59 bits per heavy atom. The number of hydrogen-bond acceptors (Lipinski definition) is 3. The maximum absolute atomic E-state index is 12.1. The first kappa shape index (κ1) is 16.1. The summed E-state index contributed by atoms with van der Waals surface area (Å²) in [7, 11) is 1.41. The van der Waals surface area contributed by atoms with Gasteiger partial charge in [-0.2, -0.15) is 0 Å². The molecular weight excluding hydrogens is 274 g/mol. The van der Waals surface area contributed by atoms with E-state index < -0.39 is 6.04 Å². The summed E-state index contributed by atoms with van der Waals surface area (Å²) in [5.74, 6) is -0.300. The first-order valence-corrected chi connectivity index (χ1v) is 7.41. The van der Waals surface area contributed by atoms with E-state index >= 15 is 0 Å². The first-order chi connectivity index (χ1) is 10.4. The molecule has 22 heavy (non-hydrogen) atoms. The molecule has 0 aliphatic carbocycles. The Balaban J connectivity index is 2.23. The zero-order valence-electron chi connectivity index (χ0n) is 13.6. The molecule has 3 nitrogen and oxygen atoms in total. The minimum atomic E-state index is -0.508. The summed E-state index contributed by atoms with van der Waals surface area (Å²) in [6.07, 6.45) is 0. The molecule has 0 saturated heterocycles. The Morgan fingerprint density at radius 1 is 1.00 bits per heavy atom. The Labute approximate surface area is 132 Å². The van der Waals surface area contributed by atoms with Crippen molar-refractivity contribution < 1.29 is 9.53 Å². The van der Waals surface area contributed by atoms with Crippen molar-refractivity contribution in [1.82, 2.24) is 0 Å². The molecule has 0 bridgehead atoms. The number of rotatable bonds is 4. The average Bonchev–Trinajstić information content (AvgIpc) is 2.52. The van der Waals surface area contributed by atoms with Crippen LogP contribution in [0.25, 0.3) is 0 Å². The molecule has 1 unspecified atom stereocenters. The van der Waals surface area contributed by atoms with Crippen molar-refractivity contribution >= 4 is 11.7 Å². The molecule has 0 aliphatic rings. The van der Waals surface area contributed by atoms with E-state index in [0.717, 1.165) is 11.3 Å². The molecule has 0 aliphatic heterocycles. The lowest BCUT2D eigenvalue weighted by molar-refractivity contribution is -0.141. The number of benzene rings is 2. The molecule has 0 fully saturated rings. The van der Waals surface area contributed by atoms with Gasteiger partial charge in [0.25, 0.3) is 0 Å². The SMILES string of the molecule is COC(=O)C(Nc1ccc(C(C)(C)C)cc1)c1ccccc1. The molecule has 0 aromatic heterocycles. The lowest BCUT2D eigenvalue weighted by Crippen LogP contribution is -2.22. The summed E-state index contributed by atoms with van der Waals surface area (Å²) >= 11 is 0. The van der Waals surface area contributed by atoms with E-state index in [0.29, 0.717) is 0 Å². The second-order valence-electron chi connectivity index (χ2n) is 6.34. The fourth-order valence-electron chi connectivity index (χ4n) is 2.27. The maximum atomic E-state index is 12.1. The highest BCUT2D eigenvalue weighted by atomic mass is 16.5. The van der Waals surface area contributed by atoms with E-state index in [1.807, 2.05) is 42.5 Å². The fraction of sp³-hybridized carbons (Fsp3) is 0.316. The van der Waals surface area contributed by atoms with Crippen LogP contribution in [0.2, 0.25) is 0 Å². The fourth-order valence-corrected chi connectivity index (χ4v) is 2.27. The van der Waals surface area contributed by atoms with E-state index in [9.17, 15) is 4.79 Å². The van der Waals surface area contributed by atoms with Crippen molar-refractivity contribution in [1.29, 1.82) is 0 Å². The first-order valence-electron chi connectivity index (χ1n) is 7.41. The number of carbonyl (C=O) groups is 1. The highest BCUT2D eigenvalue weighted by Crippen LogP contribution is 2.26. The van der Waals surface area contributed by atoms with Crippen LogP contribution in [0.4, 0.5) is 5.69 Å². The second kappa shape index (κ2) is 6.65. The van der Waals surface area contributed by atoms with Crippen LogP contribution in [0.3, 0.4) is 0 Å². The van der Waals surface area contributed by atoms with Crippen LogP contribution >= 0.6 is 0 Å². The topological polar surface area (TPSA) is 38.3 Å². The molecule has 0 heterocycles. The number of hydrogen-bond donors (Lipinski definition) is 1. The minimum Gasteiger partial charge on any atom is -0.467 e. The van der Waals surface area contributed by atoms with Gasteiger partial charge in [0, 0.05) is 5.69 Å². The van der Waals surface area contributed by atoms with Gasteiger partial charge in [-0.3, -0.25) is 0 Å². The molecule has 1 N–H and O–H groups in total. The van der Waals surface area contributed by atoms with Gasteiger partial charge < -0.3 is 10.1 Å². The van der Waals surface area contributed by atoms with Crippen LogP contribution in [0, 0.1) is 0 Å². The van der Waals surface area contributed by atoms with Gasteiger partial charge in [-0.15, -0.1) is 0 Å². The standard InChI is InChI=1S/C19H23NO2/c1-19(2,3)15-10-12-16(13-11-15)20-17(18(21)22-4)14-8-6-5-7-9-14/h5-13,17,20H,1-4H3. The lowest BCUT2D eigenvalue weighted by Gasteiger charge is -2.21. The Hall–Kier alpha value is -2.29. The molecule has 1 atom stereocenters. The van der Waals surface area contributed by atoms with Gasteiger partial charge >= 0.3 is 5.97 Å². The van der Waals surface area contributed by atoms with Gasteiger partial charge in [0.05, 0.1) is 7.11 Å². The Bertz CT molecular complexity index is 612. The summed E-state index contributed by atoms with van der Waals surface area (Å²) in [4.78, 5) is 12.1. The monoisotopic (exact) mass is 297 g/mol. The maximum Gasteiger partial charge on any atom is 0.332 e. The van der Waals surface area contributed by atoms with Crippen LogP contribution in [0.5, 0.6) is 0 Å². The zero-order chi connectivity index (χ0) is 16.2. The third-order valence-electron chi connectivity index (χ3n) is 3.63. The zero-order valence-corrected chi connectivity index (χ0v) is 13.6. The molecule has 3 heteroatoms. The van der Waals surface area contributed by atoms with Crippen molar-refractivity contribution in [2.45, 2.75) is 32.2 Å². The molecule has 2 aromatic rings. The van der Waals surface area contributed by atoms with Gasteiger partial charge in [-0.05, 0) is 28.7 Å². The molecule has 0 saturated carbocycles. The van der Waals surface area contributed by atoms with Crippen molar-refractivity contribution in [2.24, 2.45) is 0 Å². The highest BCUT2D eigenvalue weighted by Gasteiger charge is 2.21. The van der Waals surface area contributed by atoms with E-state index in [-0.39, 0.29) is 11.4 Å². The largest absolute Gasteiger partial charge is 0.467 e. The summed E-state index contributed by atoms with van der Waals surface area (Å²) in [6.45, 7) is 6.53. The highest BCUT2D eigenvalue weighted by molar-refractivity contribution is 5.81. The van der Waals surface area contributed by atoms with E-state index in [4.69, 9.17) is 4.74 Å². The smallest absolute Gasteiger partial charge is 0.332 e. The van der Waals surface area contributed by atoms with Crippen LogP contribution in [-0.2, 0) is 14.9 Å². The predicted octanol–water partition coefficient (Wildman–Crippen LogP) is 4.31. The number of ether oxygens (including phenoxy) is 1. The molecular formula is C19H23NO2. The van der Waals surface area contributed by atoms with Crippen molar-refractivity contribution in [3.05, 3.63) is 65.7 Å². The van der Waals surface area contributed by atoms with Crippen LogP contribution in [-0.4, -0.2) is 13.1 Å². The normalized spacial score (nSPS) is 12.5. The second-order valence-corrected chi connectivity index (χ2v) is 6.34. The molecule has 116 valence electrons. The van der Waals surface area contributed by atoms with Crippen molar-refractivity contribution in [2.75, 3.05) is 12.4 Å². The summed E-state index contributed by atoms with van der Waals surface area (Å²) in [5, 5.41) is 3.25. The molecule has 0 radical (unpaired) electrons. The van der Waals surface area contributed by atoms with Crippen LogP contribution in [0.15, 0.2) is 54.6 Å². The van der Waals surface area contributed by atoms with E-state index in [1.165, 1.54) is 12.7 Å². The van der Waals surface area contributed by atoms with Crippen molar-refractivity contribution in [3.63, 3.8) is 0 Å². The quantitative estimate of drug-likeness (QED) is 0.855. The molecule has 2 aromatic carbocycles. The van der Waals surface area contributed by atoms with Crippen LogP contribution < -0.4 is 5.32 Å². The van der Waals surface area contributed by atoms with E-state index in [2.05, 4.69) is 38.2 Å². The Morgan fingerprint density at radius 3 is 2.09 bits per heavy atom. The summed E-state index contributed by atoms with van der Waals surface area (Å²) < 4.78 is 4.92.